The molecule has 0 saturated carbocycles. The topological polar surface area (TPSA) is 157 Å². The molecule has 2 aromatic heterocycles. The van der Waals surface area contributed by atoms with Crippen LogP contribution < -0.4 is 16.0 Å². The Kier molecular flexibility index (Phi) is 8.14. The first-order valence-corrected chi connectivity index (χ1v) is 12.5. The van der Waals surface area contributed by atoms with Gasteiger partial charge in [0.25, 0.3) is 5.91 Å². The predicted molar refractivity (Wildman–Crippen MR) is 131 cm³/mol. The highest BCUT2D eigenvalue weighted by Crippen LogP contribution is 2.24. The zero-order chi connectivity index (χ0) is 25.8. The zero-order valence-electron chi connectivity index (χ0n) is 19.5. The second kappa shape index (κ2) is 11.3. The van der Waals surface area contributed by atoms with Gasteiger partial charge in [0.2, 0.25) is 5.91 Å². The highest BCUT2D eigenvalue weighted by Gasteiger charge is 2.33. The van der Waals surface area contributed by atoms with E-state index in [1.165, 1.54) is 34.6 Å². The van der Waals surface area contributed by atoms with Gasteiger partial charge < -0.3 is 30.9 Å². The molecule has 14 heteroatoms. The molecule has 0 spiro atoms. The summed E-state index contributed by atoms with van der Waals surface area (Å²) in [6.45, 7) is 1.66. The van der Waals surface area contributed by atoms with Gasteiger partial charge in [-0.2, -0.15) is 0 Å². The molecule has 4 amide bonds. The van der Waals surface area contributed by atoms with Gasteiger partial charge in [-0.3, -0.25) is 19.2 Å². The zero-order valence-corrected chi connectivity index (χ0v) is 21.1. The third-order valence-corrected chi connectivity index (χ3v) is 7.14. The maximum atomic E-state index is 13.1. The Hall–Kier alpha value is -3.13. The van der Waals surface area contributed by atoms with Crippen LogP contribution in [0.4, 0.5) is 5.82 Å². The number of hydrogen-bond donors (Lipinski definition) is 4. The number of likely N-dealkylation sites (tertiary alicyclic amines) is 1. The number of anilines is 1. The number of carbonyl (C=O) groups is 4. The summed E-state index contributed by atoms with van der Waals surface area (Å²) in [4.78, 5) is 63.6. The van der Waals surface area contributed by atoms with E-state index in [-0.39, 0.29) is 23.9 Å². The van der Waals surface area contributed by atoms with Crippen molar-refractivity contribution in [1.82, 2.24) is 30.4 Å². The van der Waals surface area contributed by atoms with Crippen molar-refractivity contribution in [2.75, 3.05) is 38.5 Å². The number of aromatic nitrogens is 2. The third kappa shape index (κ3) is 6.35. The van der Waals surface area contributed by atoms with Crippen molar-refractivity contribution in [1.29, 1.82) is 0 Å². The molecule has 12 nitrogen and oxygen atoms in total. The SMILES string of the molecule is CN1CCc2nc(C(=O)NC(CNC(=O)C(=O)Nc3ccc(Cl)cn3)C(=O)N3CCC(O)C3)sc2C1. The fourth-order valence-electron chi connectivity index (χ4n) is 3.90. The van der Waals surface area contributed by atoms with Gasteiger partial charge in [0.05, 0.1) is 16.8 Å². The fourth-order valence-corrected chi connectivity index (χ4v) is 5.10. The van der Waals surface area contributed by atoms with E-state index in [9.17, 15) is 24.3 Å². The van der Waals surface area contributed by atoms with Gasteiger partial charge in [0.1, 0.15) is 11.9 Å². The second-order valence-electron chi connectivity index (χ2n) is 8.66. The van der Waals surface area contributed by atoms with Crippen LogP contribution in [0.15, 0.2) is 18.3 Å². The van der Waals surface area contributed by atoms with Crippen LogP contribution in [0.2, 0.25) is 5.02 Å². The first-order chi connectivity index (χ1) is 17.2. The molecule has 0 radical (unpaired) electrons. The number of thiazole rings is 1. The summed E-state index contributed by atoms with van der Waals surface area (Å²) in [7, 11) is 1.99. The Balaban J connectivity index is 1.41. The van der Waals surface area contributed by atoms with Crippen molar-refractivity contribution in [3.8, 4) is 0 Å². The summed E-state index contributed by atoms with van der Waals surface area (Å²) in [6.07, 6.45) is 1.82. The Labute approximate surface area is 216 Å². The largest absolute Gasteiger partial charge is 0.391 e. The maximum Gasteiger partial charge on any atom is 0.314 e. The van der Waals surface area contributed by atoms with Gasteiger partial charge in [0.15, 0.2) is 5.01 Å². The summed E-state index contributed by atoms with van der Waals surface area (Å²) in [6, 6.07) is 1.78. The number of hydrogen-bond acceptors (Lipinski definition) is 9. The van der Waals surface area contributed by atoms with E-state index >= 15 is 0 Å². The summed E-state index contributed by atoms with van der Waals surface area (Å²) in [5.74, 6) is -2.88. The molecule has 2 atom stereocenters. The number of β-amino-alcohol motifs (C(OH)–C–C–N with tert-alkyl or cyclic N) is 1. The lowest BCUT2D eigenvalue weighted by Crippen LogP contribution is -2.54. The molecule has 0 aromatic carbocycles. The quantitative estimate of drug-likeness (QED) is 0.365. The van der Waals surface area contributed by atoms with E-state index in [0.29, 0.717) is 24.5 Å². The van der Waals surface area contributed by atoms with E-state index in [4.69, 9.17) is 11.6 Å². The van der Waals surface area contributed by atoms with Crippen molar-refractivity contribution >= 4 is 52.4 Å². The fraction of sp³-hybridized carbons (Fsp3) is 0.455. The number of carbonyl (C=O) groups excluding carboxylic acids is 4. The standard InChI is InChI=1S/C22H26ClN7O5S/c1-29-6-5-14-16(11-29)36-21(27-14)20(34)26-15(22(35)30-7-4-13(31)10-30)9-25-18(32)19(33)28-17-3-2-12(23)8-24-17/h2-3,8,13,15,31H,4-7,9-11H2,1H3,(H,25,32)(H,26,34)(H,24,28,33). The minimum atomic E-state index is -1.16. The normalized spacial score (nSPS) is 18.3. The molecule has 2 aliphatic rings. The number of likely N-dealkylation sites (N-methyl/N-ethyl adjacent to an activating group) is 1. The lowest BCUT2D eigenvalue weighted by molar-refractivity contribution is -0.137. The minimum Gasteiger partial charge on any atom is -0.391 e. The van der Waals surface area contributed by atoms with Crippen LogP contribution in [0.3, 0.4) is 0 Å². The van der Waals surface area contributed by atoms with Crippen LogP contribution >= 0.6 is 22.9 Å². The molecule has 2 aromatic rings. The Morgan fingerprint density at radius 1 is 1.25 bits per heavy atom. The number of nitrogens with zero attached hydrogens (tertiary/aromatic N) is 4. The molecule has 4 rings (SSSR count). The average molecular weight is 536 g/mol. The maximum absolute atomic E-state index is 13.1. The number of fused-ring (bicyclic) bond motifs is 1. The number of nitrogens with one attached hydrogen (secondary N) is 3. The number of aliphatic hydroxyl groups is 1. The monoisotopic (exact) mass is 535 g/mol. The van der Waals surface area contributed by atoms with Gasteiger partial charge in [-0.25, -0.2) is 9.97 Å². The van der Waals surface area contributed by atoms with Crippen LogP contribution in [0, 0.1) is 0 Å². The number of halogens is 1. The molecule has 2 aliphatic heterocycles. The average Bonchev–Trinajstić information content (AvgIpc) is 3.48. The highest BCUT2D eigenvalue weighted by atomic mass is 35.5. The third-order valence-electron chi connectivity index (χ3n) is 5.84. The van der Waals surface area contributed by atoms with Gasteiger partial charge in [0, 0.05) is 50.2 Å². The molecule has 36 heavy (non-hydrogen) atoms. The number of amides is 4. The van der Waals surface area contributed by atoms with Crippen LogP contribution in [0.1, 0.15) is 26.8 Å². The second-order valence-corrected chi connectivity index (χ2v) is 10.2. The predicted octanol–water partition coefficient (Wildman–Crippen LogP) is -0.374. The first-order valence-electron chi connectivity index (χ1n) is 11.3. The van der Waals surface area contributed by atoms with Crippen LogP contribution in [-0.4, -0.2) is 93.9 Å². The van der Waals surface area contributed by atoms with Crippen LogP contribution in [-0.2, 0) is 27.3 Å². The van der Waals surface area contributed by atoms with E-state index < -0.39 is 35.8 Å². The Morgan fingerprint density at radius 3 is 2.75 bits per heavy atom. The van der Waals surface area contributed by atoms with E-state index in [1.807, 2.05) is 7.05 Å². The summed E-state index contributed by atoms with van der Waals surface area (Å²) in [5, 5.41) is 17.8. The molecule has 4 N–H and O–H groups in total. The van der Waals surface area contributed by atoms with Crippen LogP contribution in [0.25, 0.3) is 0 Å². The van der Waals surface area contributed by atoms with Gasteiger partial charge in [-0.05, 0) is 25.6 Å². The Bertz CT molecular complexity index is 1160. The Morgan fingerprint density at radius 2 is 2.06 bits per heavy atom. The van der Waals surface area contributed by atoms with Crippen molar-refractivity contribution in [3.63, 3.8) is 0 Å². The highest BCUT2D eigenvalue weighted by molar-refractivity contribution is 7.13. The molecule has 1 fully saturated rings. The van der Waals surface area contributed by atoms with Crippen molar-refractivity contribution in [2.24, 2.45) is 0 Å². The van der Waals surface area contributed by atoms with E-state index in [1.54, 1.807) is 0 Å². The molecule has 4 heterocycles. The summed E-state index contributed by atoms with van der Waals surface area (Å²) in [5.41, 5.74) is 0.870. The number of aliphatic hydroxyl groups excluding tert-OH is 1. The van der Waals surface area contributed by atoms with E-state index in [2.05, 4.69) is 30.8 Å². The minimum absolute atomic E-state index is 0.125. The number of pyridine rings is 1. The van der Waals surface area contributed by atoms with Gasteiger partial charge >= 0.3 is 11.8 Å². The van der Waals surface area contributed by atoms with Crippen molar-refractivity contribution < 1.29 is 24.3 Å². The molecule has 192 valence electrons. The lowest BCUT2D eigenvalue weighted by Gasteiger charge is -2.24. The smallest absolute Gasteiger partial charge is 0.314 e. The molecule has 0 aliphatic carbocycles. The van der Waals surface area contributed by atoms with Crippen molar-refractivity contribution in [2.45, 2.75) is 31.5 Å². The molecule has 0 bridgehead atoms. The lowest BCUT2D eigenvalue weighted by atomic mass is 10.2. The molecular weight excluding hydrogens is 510 g/mol. The van der Waals surface area contributed by atoms with E-state index in [0.717, 1.165) is 23.5 Å². The molecule has 1 saturated heterocycles. The molecule has 2 unspecified atom stereocenters. The first kappa shape index (κ1) is 25.9. The van der Waals surface area contributed by atoms with Crippen molar-refractivity contribution in [3.05, 3.63) is 38.9 Å². The van der Waals surface area contributed by atoms with Gasteiger partial charge in [-0.15, -0.1) is 11.3 Å². The van der Waals surface area contributed by atoms with Crippen LogP contribution in [0.5, 0.6) is 0 Å². The van der Waals surface area contributed by atoms with Gasteiger partial charge in [-0.1, -0.05) is 11.6 Å². The molecular formula is C22H26ClN7O5S. The summed E-state index contributed by atoms with van der Waals surface area (Å²) >= 11 is 7.03. The number of rotatable bonds is 6. The summed E-state index contributed by atoms with van der Waals surface area (Å²) < 4.78 is 0.